The lowest BCUT2D eigenvalue weighted by Crippen LogP contribution is -1.89. The Kier molecular flexibility index (Phi) is 3.64. The largest absolute Gasteiger partial charge is 0.495 e. The average molecular weight is 269 g/mol. The van der Waals surface area contributed by atoms with E-state index < -0.39 is 0 Å². The Morgan fingerprint density at radius 1 is 1.47 bits per heavy atom. The minimum absolute atomic E-state index is 0.586. The fourth-order valence-corrected chi connectivity index (χ4v) is 2.08. The van der Waals surface area contributed by atoms with Gasteiger partial charge in [0, 0.05) is 11.3 Å². The van der Waals surface area contributed by atoms with Crippen LogP contribution in [-0.4, -0.2) is 17.1 Å². The number of aromatic nitrogens is 2. The first-order valence-electron chi connectivity index (χ1n) is 5.15. The number of ether oxygens (including phenoxy) is 1. The van der Waals surface area contributed by atoms with E-state index in [4.69, 9.17) is 16.3 Å². The van der Waals surface area contributed by atoms with E-state index in [1.165, 1.54) is 0 Å². The molecule has 1 aromatic carbocycles. The van der Waals surface area contributed by atoms with E-state index >= 15 is 0 Å². The summed E-state index contributed by atoms with van der Waals surface area (Å²) in [6, 6.07) is 3.80. The Hall–Kier alpha value is -1.13. The molecule has 0 unspecified atom stereocenters. The summed E-state index contributed by atoms with van der Waals surface area (Å²) in [4.78, 5) is 7.42. The van der Waals surface area contributed by atoms with Crippen LogP contribution in [0.2, 0.25) is 5.02 Å². The third kappa shape index (κ3) is 2.42. The number of H-pyrrole nitrogens is 1. The maximum Gasteiger partial charge on any atom is 0.137 e. The molecule has 0 spiro atoms. The number of rotatable bonds is 3. The molecule has 0 aliphatic rings. The van der Waals surface area contributed by atoms with E-state index in [2.05, 4.69) is 22.6 Å². The molecule has 0 saturated carbocycles. The quantitative estimate of drug-likeness (QED) is 0.837. The second-order valence-electron chi connectivity index (χ2n) is 3.70. The standard InChI is InChI=1S/C12H13ClN2OS/c1-7-3-11(16-2)9(13)4-8(7)10-5-14-12(6-17)15-10/h3-5,17H,6H2,1-2H3,(H,14,15). The summed E-state index contributed by atoms with van der Waals surface area (Å²) in [7, 11) is 1.61. The minimum Gasteiger partial charge on any atom is -0.495 e. The van der Waals surface area contributed by atoms with Gasteiger partial charge in [-0.3, -0.25) is 0 Å². The van der Waals surface area contributed by atoms with Gasteiger partial charge in [0.1, 0.15) is 11.6 Å². The van der Waals surface area contributed by atoms with E-state index in [1.54, 1.807) is 13.3 Å². The molecule has 1 N–H and O–H groups in total. The maximum atomic E-state index is 6.12. The molecule has 1 heterocycles. The number of nitrogens with zero attached hydrogens (tertiary/aromatic N) is 1. The molecule has 1 aromatic heterocycles. The second-order valence-corrected chi connectivity index (χ2v) is 4.43. The lowest BCUT2D eigenvalue weighted by molar-refractivity contribution is 0.415. The molecule has 0 radical (unpaired) electrons. The van der Waals surface area contributed by atoms with E-state index in [0.717, 1.165) is 22.6 Å². The van der Waals surface area contributed by atoms with E-state index in [-0.39, 0.29) is 0 Å². The van der Waals surface area contributed by atoms with Gasteiger partial charge in [-0.15, -0.1) is 0 Å². The number of methoxy groups -OCH3 is 1. The van der Waals surface area contributed by atoms with Gasteiger partial charge < -0.3 is 9.72 Å². The highest BCUT2D eigenvalue weighted by atomic mass is 35.5. The second kappa shape index (κ2) is 5.02. The number of hydrogen-bond acceptors (Lipinski definition) is 3. The molecular weight excluding hydrogens is 256 g/mol. The molecule has 2 rings (SSSR count). The van der Waals surface area contributed by atoms with Crippen LogP contribution in [0.4, 0.5) is 0 Å². The van der Waals surface area contributed by atoms with Crippen molar-refractivity contribution in [3.05, 3.63) is 34.7 Å². The van der Waals surface area contributed by atoms with Crippen molar-refractivity contribution in [2.45, 2.75) is 12.7 Å². The topological polar surface area (TPSA) is 37.9 Å². The van der Waals surface area contributed by atoms with Crippen LogP contribution < -0.4 is 4.74 Å². The third-order valence-electron chi connectivity index (χ3n) is 2.57. The van der Waals surface area contributed by atoms with Gasteiger partial charge in [-0.25, -0.2) is 4.98 Å². The molecule has 0 saturated heterocycles. The van der Waals surface area contributed by atoms with Crippen molar-refractivity contribution >= 4 is 24.2 Å². The molecule has 5 heteroatoms. The molecule has 0 fully saturated rings. The van der Waals surface area contributed by atoms with Crippen molar-refractivity contribution < 1.29 is 4.74 Å². The Labute approximate surface area is 111 Å². The number of nitrogens with one attached hydrogen (secondary N) is 1. The summed E-state index contributed by atoms with van der Waals surface area (Å²) in [5.41, 5.74) is 3.05. The Balaban J connectivity index is 2.48. The fourth-order valence-electron chi connectivity index (χ4n) is 1.68. The van der Waals surface area contributed by atoms with Gasteiger partial charge in [0.15, 0.2) is 0 Å². The van der Waals surface area contributed by atoms with Crippen LogP contribution in [0.3, 0.4) is 0 Å². The molecule has 0 amide bonds. The molecule has 90 valence electrons. The highest BCUT2D eigenvalue weighted by Gasteiger charge is 2.10. The number of thiol groups is 1. The van der Waals surface area contributed by atoms with Gasteiger partial charge in [0.2, 0.25) is 0 Å². The van der Waals surface area contributed by atoms with Crippen molar-refractivity contribution in [2.24, 2.45) is 0 Å². The number of hydrogen-bond donors (Lipinski definition) is 2. The van der Waals surface area contributed by atoms with Crippen LogP contribution in [0.5, 0.6) is 5.75 Å². The summed E-state index contributed by atoms with van der Waals surface area (Å²) >= 11 is 10.3. The average Bonchev–Trinajstić information content (AvgIpc) is 2.80. The minimum atomic E-state index is 0.586. The smallest absolute Gasteiger partial charge is 0.137 e. The van der Waals surface area contributed by atoms with Crippen molar-refractivity contribution in [3.63, 3.8) is 0 Å². The van der Waals surface area contributed by atoms with Gasteiger partial charge in [-0.05, 0) is 24.6 Å². The predicted molar refractivity (Wildman–Crippen MR) is 73.0 cm³/mol. The summed E-state index contributed by atoms with van der Waals surface area (Å²) in [5, 5.41) is 0.593. The Bertz CT molecular complexity index is 539. The SMILES string of the molecule is COc1cc(C)c(-c2cnc(CS)[nH]2)cc1Cl. The van der Waals surface area contributed by atoms with E-state index in [1.807, 2.05) is 19.1 Å². The van der Waals surface area contributed by atoms with Crippen LogP contribution >= 0.6 is 24.2 Å². The van der Waals surface area contributed by atoms with Crippen LogP contribution in [0.25, 0.3) is 11.3 Å². The number of aryl methyl sites for hydroxylation is 1. The van der Waals surface area contributed by atoms with Gasteiger partial charge >= 0.3 is 0 Å². The lowest BCUT2D eigenvalue weighted by atomic mass is 10.1. The number of imidazole rings is 1. The molecule has 0 bridgehead atoms. The first kappa shape index (κ1) is 12.3. The van der Waals surface area contributed by atoms with Crippen molar-refractivity contribution in [1.82, 2.24) is 9.97 Å². The zero-order valence-electron chi connectivity index (χ0n) is 9.62. The lowest BCUT2D eigenvalue weighted by Gasteiger charge is -2.08. The van der Waals surface area contributed by atoms with Gasteiger partial charge in [-0.2, -0.15) is 12.6 Å². The van der Waals surface area contributed by atoms with Crippen molar-refractivity contribution in [3.8, 4) is 17.0 Å². The third-order valence-corrected chi connectivity index (χ3v) is 3.16. The molecule has 2 aromatic rings. The first-order valence-corrected chi connectivity index (χ1v) is 6.16. The Morgan fingerprint density at radius 2 is 2.24 bits per heavy atom. The fraction of sp³-hybridized carbons (Fsp3) is 0.250. The van der Waals surface area contributed by atoms with E-state index in [9.17, 15) is 0 Å². The zero-order chi connectivity index (χ0) is 12.4. The number of benzene rings is 1. The van der Waals surface area contributed by atoms with Crippen LogP contribution in [0.1, 0.15) is 11.4 Å². The normalized spacial score (nSPS) is 10.6. The number of halogens is 1. The molecule has 0 atom stereocenters. The highest BCUT2D eigenvalue weighted by Crippen LogP contribution is 2.32. The van der Waals surface area contributed by atoms with Gasteiger partial charge in [-0.1, -0.05) is 11.6 Å². The molecular formula is C12H13ClN2OS. The monoisotopic (exact) mass is 268 g/mol. The Morgan fingerprint density at radius 3 is 2.82 bits per heavy atom. The summed E-state index contributed by atoms with van der Waals surface area (Å²) < 4.78 is 5.17. The molecule has 3 nitrogen and oxygen atoms in total. The highest BCUT2D eigenvalue weighted by molar-refractivity contribution is 7.79. The van der Waals surface area contributed by atoms with Crippen LogP contribution in [0, 0.1) is 6.92 Å². The van der Waals surface area contributed by atoms with E-state index in [0.29, 0.717) is 16.5 Å². The number of aromatic amines is 1. The first-order chi connectivity index (χ1) is 8.15. The van der Waals surface area contributed by atoms with Crippen molar-refractivity contribution in [1.29, 1.82) is 0 Å². The zero-order valence-corrected chi connectivity index (χ0v) is 11.3. The van der Waals surface area contributed by atoms with Crippen LogP contribution in [-0.2, 0) is 5.75 Å². The van der Waals surface area contributed by atoms with Gasteiger partial charge in [0.05, 0.1) is 24.0 Å². The van der Waals surface area contributed by atoms with Gasteiger partial charge in [0.25, 0.3) is 0 Å². The summed E-state index contributed by atoms with van der Waals surface area (Å²) in [5.74, 6) is 2.11. The maximum absolute atomic E-state index is 6.12. The predicted octanol–water partition coefficient (Wildman–Crippen LogP) is 3.48. The molecule has 0 aliphatic carbocycles. The summed E-state index contributed by atoms with van der Waals surface area (Å²) in [6.07, 6.45) is 1.79. The molecule has 0 aliphatic heterocycles. The molecule has 17 heavy (non-hydrogen) atoms. The van der Waals surface area contributed by atoms with Crippen LogP contribution in [0.15, 0.2) is 18.3 Å². The van der Waals surface area contributed by atoms with Crippen molar-refractivity contribution in [2.75, 3.05) is 7.11 Å². The summed E-state index contributed by atoms with van der Waals surface area (Å²) in [6.45, 7) is 2.01.